The number of aliphatic hydroxyl groups excluding tert-OH is 1. The fourth-order valence-electron chi connectivity index (χ4n) is 3.66. The zero-order valence-corrected chi connectivity index (χ0v) is 16.1. The average molecular weight is 358 g/mol. The Bertz CT molecular complexity index is 757. The van der Waals surface area contributed by atoms with E-state index in [-0.39, 0.29) is 11.3 Å². The predicted molar refractivity (Wildman–Crippen MR) is 103 cm³/mol. The van der Waals surface area contributed by atoms with E-state index in [2.05, 4.69) is 18.3 Å². The van der Waals surface area contributed by atoms with Crippen LogP contribution in [-0.4, -0.2) is 17.6 Å². The molecule has 3 rings (SSSR count). The van der Waals surface area contributed by atoms with Crippen molar-refractivity contribution in [2.75, 3.05) is 6.54 Å². The van der Waals surface area contributed by atoms with Crippen LogP contribution >= 0.6 is 11.3 Å². The number of hydrogen-bond donors (Lipinski definition) is 2. The molecule has 1 saturated carbocycles. The monoisotopic (exact) mass is 357 g/mol. The van der Waals surface area contributed by atoms with Gasteiger partial charge >= 0.3 is 0 Å². The maximum atomic E-state index is 12.6. The number of nitrogens with one attached hydrogen (secondary N) is 1. The molecule has 0 aliphatic heterocycles. The molecule has 1 aliphatic rings. The predicted octanol–water partition coefficient (Wildman–Crippen LogP) is 4.66. The minimum absolute atomic E-state index is 0.00156. The van der Waals surface area contributed by atoms with Crippen molar-refractivity contribution >= 4 is 17.2 Å². The molecule has 3 nitrogen and oxygen atoms in total. The summed E-state index contributed by atoms with van der Waals surface area (Å²) in [6.07, 6.45) is 4.16. The van der Waals surface area contributed by atoms with Gasteiger partial charge in [0.05, 0.1) is 6.10 Å². The molecule has 1 amide bonds. The van der Waals surface area contributed by atoms with Gasteiger partial charge in [-0.2, -0.15) is 0 Å². The Kier molecular flexibility index (Phi) is 5.30. The van der Waals surface area contributed by atoms with Gasteiger partial charge in [0.2, 0.25) is 0 Å². The third kappa shape index (κ3) is 3.80. The van der Waals surface area contributed by atoms with Crippen molar-refractivity contribution in [3.05, 3.63) is 56.8 Å². The summed E-state index contributed by atoms with van der Waals surface area (Å²) in [6, 6.07) is 10.0. The van der Waals surface area contributed by atoms with Crippen LogP contribution < -0.4 is 5.32 Å². The highest BCUT2D eigenvalue weighted by atomic mass is 32.1. The van der Waals surface area contributed by atoms with Crippen LogP contribution in [0.4, 0.5) is 0 Å². The van der Waals surface area contributed by atoms with Gasteiger partial charge in [0.1, 0.15) is 0 Å². The van der Waals surface area contributed by atoms with Gasteiger partial charge in [-0.15, -0.1) is 11.3 Å². The maximum absolute atomic E-state index is 12.6. The molecule has 1 heterocycles. The summed E-state index contributed by atoms with van der Waals surface area (Å²) in [6.45, 7) is 6.56. The summed E-state index contributed by atoms with van der Waals surface area (Å²) in [5, 5.41) is 13.0. The summed E-state index contributed by atoms with van der Waals surface area (Å²) in [5.41, 5.74) is 3.09. The molecule has 1 aromatic carbocycles. The van der Waals surface area contributed by atoms with E-state index in [1.54, 1.807) is 18.3 Å². The third-order valence-corrected chi connectivity index (χ3v) is 6.98. The van der Waals surface area contributed by atoms with Crippen molar-refractivity contribution in [2.45, 2.75) is 58.0 Å². The van der Waals surface area contributed by atoms with Crippen molar-refractivity contribution in [3.8, 4) is 0 Å². The second-order valence-corrected chi connectivity index (χ2v) is 8.46. The van der Waals surface area contributed by atoms with Crippen molar-refractivity contribution in [1.82, 2.24) is 5.32 Å². The lowest BCUT2D eigenvalue weighted by Crippen LogP contribution is -2.38. The second kappa shape index (κ2) is 7.30. The molecule has 134 valence electrons. The molecule has 1 aromatic heterocycles. The first kappa shape index (κ1) is 18.2. The quantitative estimate of drug-likeness (QED) is 0.817. The van der Waals surface area contributed by atoms with Crippen molar-refractivity contribution in [3.63, 3.8) is 0 Å². The fraction of sp³-hybridized carbons (Fsp3) is 0.476. The van der Waals surface area contributed by atoms with E-state index in [0.717, 1.165) is 28.8 Å². The van der Waals surface area contributed by atoms with Crippen LogP contribution in [0.15, 0.2) is 30.3 Å². The molecular formula is C21H27NO2S. The number of hydrogen-bond acceptors (Lipinski definition) is 3. The molecule has 2 aromatic rings. The highest BCUT2D eigenvalue weighted by molar-refractivity contribution is 7.12. The number of aryl methyl sites for hydroxylation is 2. The van der Waals surface area contributed by atoms with Crippen LogP contribution in [0.3, 0.4) is 0 Å². The minimum atomic E-state index is -0.428. The number of benzene rings is 1. The van der Waals surface area contributed by atoms with Crippen LogP contribution in [0.1, 0.15) is 70.0 Å². The fourth-order valence-corrected chi connectivity index (χ4v) is 4.85. The number of carbonyl (C=O) groups is 1. The zero-order valence-electron chi connectivity index (χ0n) is 15.3. The molecule has 0 saturated heterocycles. The molecule has 1 unspecified atom stereocenters. The Hall–Kier alpha value is -1.65. The SMILES string of the molecule is Cc1ccc(C(=O)NCC2(c3ccc(C(C)O)s3)CCCC2)cc1C. The third-order valence-electron chi connectivity index (χ3n) is 5.48. The lowest BCUT2D eigenvalue weighted by Gasteiger charge is -2.28. The highest BCUT2D eigenvalue weighted by Gasteiger charge is 2.37. The highest BCUT2D eigenvalue weighted by Crippen LogP contribution is 2.44. The maximum Gasteiger partial charge on any atom is 0.251 e. The zero-order chi connectivity index (χ0) is 18.0. The van der Waals surface area contributed by atoms with E-state index in [9.17, 15) is 9.90 Å². The smallest absolute Gasteiger partial charge is 0.251 e. The van der Waals surface area contributed by atoms with E-state index in [4.69, 9.17) is 0 Å². The number of amides is 1. The Balaban J connectivity index is 1.75. The summed E-state index contributed by atoms with van der Waals surface area (Å²) < 4.78 is 0. The number of carbonyl (C=O) groups excluding carboxylic acids is 1. The van der Waals surface area contributed by atoms with E-state index in [1.807, 2.05) is 31.2 Å². The summed E-state index contributed by atoms with van der Waals surface area (Å²) in [7, 11) is 0. The summed E-state index contributed by atoms with van der Waals surface area (Å²) in [4.78, 5) is 14.9. The standard InChI is InChI=1S/C21H27NO2S/c1-14-6-7-17(12-15(14)2)20(24)22-13-21(10-4-5-11-21)19-9-8-18(25-19)16(3)23/h6-9,12,16,23H,4-5,10-11,13H2,1-3H3,(H,22,24). The second-order valence-electron chi connectivity index (χ2n) is 7.35. The normalized spacial score (nSPS) is 17.4. The topological polar surface area (TPSA) is 49.3 Å². The van der Waals surface area contributed by atoms with E-state index in [0.29, 0.717) is 6.54 Å². The molecule has 1 atom stereocenters. The Labute approximate surface area is 154 Å². The van der Waals surface area contributed by atoms with Gasteiger partial charge < -0.3 is 10.4 Å². The molecule has 25 heavy (non-hydrogen) atoms. The van der Waals surface area contributed by atoms with Crippen LogP contribution in [0.2, 0.25) is 0 Å². The molecule has 2 N–H and O–H groups in total. The molecule has 4 heteroatoms. The van der Waals surface area contributed by atoms with Crippen molar-refractivity contribution in [1.29, 1.82) is 0 Å². The number of aliphatic hydroxyl groups is 1. The van der Waals surface area contributed by atoms with Crippen LogP contribution in [0, 0.1) is 13.8 Å². The van der Waals surface area contributed by atoms with Crippen LogP contribution in [-0.2, 0) is 5.41 Å². The molecule has 0 spiro atoms. The lowest BCUT2D eigenvalue weighted by molar-refractivity contribution is 0.0943. The number of thiophene rings is 1. The van der Waals surface area contributed by atoms with E-state index in [1.165, 1.54) is 23.3 Å². The largest absolute Gasteiger partial charge is 0.388 e. The number of rotatable bonds is 5. The average Bonchev–Trinajstić information content (AvgIpc) is 3.25. The van der Waals surface area contributed by atoms with Crippen LogP contribution in [0.5, 0.6) is 0 Å². The molecule has 1 aliphatic carbocycles. The van der Waals surface area contributed by atoms with Gasteiger partial charge in [-0.05, 0) is 69.0 Å². The minimum Gasteiger partial charge on any atom is -0.388 e. The Morgan fingerprint density at radius 1 is 1.20 bits per heavy atom. The first-order chi connectivity index (χ1) is 11.9. The Morgan fingerprint density at radius 2 is 1.92 bits per heavy atom. The van der Waals surface area contributed by atoms with Crippen LogP contribution in [0.25, 0.3) is 0 Å². The lowest BCUT2D eigenvalue weighted by atomic mass is 9.84. The molecular weight excluding hydrogens is 330 g/mol. The van der Waals surface area contributed by atoms with Crippen molar-refractivity contribution < 1.29 is 9.90 Å². The van der Waals surface area contributed by atoms with Gasteiger partial charge in [-0.1, -0.05) is 18.9 Å². The van der Waals surface area contributed by atoms with Crippen molar-refractivity contribution in [2.24, 2.45) is 0 Å². The van der Waals surface area contributed by atoms with Gasteiger partial charge in [0.15, 0.2) is 0 Å². The Morgan fingerprint density at radius 3 is 2.52 bits per heavy atom. The van der Waals surface area contributed by atoms with E-state index < -0.39 is 6.10 Å². The molecule has 0 radical (unpaired) electrons. The summed E-state index contributed by atoms with van der Waals surface area (Å²) >= 11 is 1.69. The van der Waals surface area contributed by atoms with E-state index >= 15 is 0 Å². The molecule has 0 bridgehead atoms. The van der Waals surface area contributed by atoms with Gasteiger partial charge in [-0.25, -0.2) is 0 Å². The summed E-state index contributed by atoms with van der Waals surface area (Å²) in [5.74, 6) is 0.00156. The first-order valence-corrected chi connectivity index (χ1v) is 9.87. The molecule has 1 fully saturated rings. The van der Waals surface area contributed by atoms with Gasteiger partial charge in [0.25, 0.3) is 5.91 Å². The first-order valence-electron chi connectivity index (χ1n) is 9.05. The van der Waals surface area contributed by atoms with Gasteiger partial charge in [0, 0.05) is 27.3 Å². The van der Waals surface area contributed by atoms with Gasteiger partial charge in [-0.3, -0.25) is 4.79 Å².